The van der Waals surface area contributed by atoms with Gasteiger partial charge < -0.3 is 5.32 Å². The van der Waals surface area contributed by atoms with Crippen LogP contribution in [-0.4, -0.2) is 18.2 Å². The molecule has 1 aromatic rings. The number of rotatable bonds is 6. The summed E-state index contributed by atoms with van der Waals surface area (Å²) in [5.74, 6) is -0.396. The lowest BCUT2D eigenvalue weighted by atomic mass is 10.0. The molecule has 0 radical (unpaired) electrons. The smallest absolute Gasteiger partial charge is 0.292 e. The molecule has 0 bridgehead atoms. The van der Waals surface area contributed by atoms with Crippen LogP contribution in [-0.2, 0) is 11.2 Å². The third-order valence-electron chi connectivity index (χ3n) is 2.60. The first-order valence-corrected chi connectivity index (χ1v) is 6.46. The molecule has 1 aromatic carbocycles. The average molecular weight is 247 g/mol. The highest BCUT2D eigenvalue weighted by molar-refractivity contribution is 6.42. The summed E-state index contributed by atoms with van der Waals surface area (Å²) >= 11 is 0. The number of amides is 1. The van der Waals surface area contributed by atoms with Gasteiger partial charge in [-0.2, -0.15) is 0 Å². The van der Waals surface area contributed by atoms with Crippen molar-refractivity contribution >= 4 is 11.7 Å². The Bertz CT molecular complexity index is 407. The third-order valence-corrected chi connectivity index (χ3v) is 2.60. The highest BCUT2D eigenvalue weighted by Crippen LogP contribution is 2.10. The van der Waals surface area contributed by atoms with Gasteiger partial charge in [-0.25, -0.2) is 0 Å². The number of carbonyl (C=O) groups is 2. The predicted molar refractivity (Wildman–Crippen MR) is 72.6 cm³/mol. The van der Waals surface area contributed by atoms with Gasteiger partial charge in [0, 0.05) is 12.1 Å². The van der Waals surface area contributed by atoms with Gasteiger partial charge in [-0.05, 0) is 24.3 Å². The second kappa shape index (κ2) is 6.94. The second-order valence-electron chi connectivity index (χ2n) is 4.88. The fourth-order valence-corrected chi connectivity index (χ4v) is 1.71. The van der Waals surface area contributed by atoms with Crippen molar-refractivity contribution in [2.24, 2.45) is 5.92 Å². The van der Waals surface area contributed by atoms with Gasteiger partial charge in [0.1, 0.15) is 0 Å². The van der Waals surface area contributed by atoms with Crippen molar-refractivity contribution in [3.05, 3.63) is 35.4 Å². The maximum Gasteiger partial charge on any atom is 0.292 e. The van der Waals surface area contributed by atoms with Crippen molar-refractivity contribution in [2.45, 2.75) is 33.6 Å². The Morgan fingerprint density at radius 2 is 1.78 bits per heavy atom. The van der Waals surface area contributed by atoms with E-state index in [0.29, 0.717) is 18.0 Å². The lowest BCUT2D eigenvalue weighted by Crippen LogP contribution is -2.31. The summed E-state index contributed by atoms with van der Waals surface area (Å²) in [6.07, 6.45) is 1.81. The molecule has 0 atom stereocenters. The number of Topliss-reactive ketones (excluding diaryl/α,β-unsaturated/α-hetero) is 1. The summed E-state index contributed by atoms with van der Waals surface area (Å²) < 4.78 is 0. The van der Waals surface area contributed by atoms with Crippen LogP contribution in [0.5, 0.6) is 0 Å². The molecular weight excluding hydrogens is 226 g/mol. The first-order chi connectivity index (χ1) is 8.54. The summed E-state index contributed by atoms with van der Waals surface area (Å²) in [4.78, 5) is 23.3. The molecule has 3 nitrogen and oxygen atoms in total. The lowest BCUT2D eigenvalue weighted by molar-refractivity contribution is -0.116. The van der Waals surface area contributed by atoms with Gasteiger partial charge >= 0.3 is 0 Å². The summed E-state index contributed by atoms with van der Waals surface area (Å²) in [5.41, 5.74) is 1.65. The topological polar surface area (TPSA) is 46.2 Å². The number of hydrogen-bond acceptors (Lipinski definition) is 2. The monoisotopic (exact) mass is 247 g/mol. The number of carbonyl (C=O) groups excluding carboxylic acids is 2. The highest BCUT2D eigenvalue weighted by atomic mass is 16.2. The standard InChI is InChI=1S/C15H21NO2/c1-4-9-16-15(18)14(17)13-7-5-12(6-8-13)10-11(2)3/h5-8,11H,4,9-10H2,1-3H3,(H,16,18). The van der Waals surface area contributed by atoms with E-state index in [1.54, 1.807) is 12.1 Å². The predicted octanol–water partition coefficient (Wildman–Crippen LogP) is 2.59. The molecule has 0 unspecified atom stereocenters. The van der Waals surface area contributed by atoms with Crippen LogP contribution >= 0.6 is 0 Å². The molecular formula is C15H21NO2. The molecule has 1 N–H and O–H groups in total. The Hall–Kier alpha value is -1.64. The molecule has 0 fully saturated rings. The Morgan fingerprint density at radius 1 is 1.17 bits per heavy atom. The summed E-state index contributed by atoms with van der Waals surface area (Å²) in [6.45, 7) is 6.79. The van der Waals surface area contributed by atoms with Crippen LogP contribution in [0.25, 0.3) is 0 Å². The molecule has 0 heterocycles. The van der Waals surface area contributed by atoms with Crippen molar-refractivity contribution in [1.29, 1.82) is 0 Å². The van der Waals surface area contributed by atoms with Crippen LogP contribution < -0.4 is 5.32 Å². The van der Waals surface area contributed by atoms with E-state index in [1.165, 1.54) is 5.56 Å². The number of ketones is 1. The zero-order chi connectivity index (χ0) is 13.5. The van der Waals surface area contributed by atoms with E-state index >= 15 is 0 Å². The average Bonchev–Trinajstić information content (AvgIpc) is 2.35. The summed E-state index contributed by atoms with van der Waals surface area (Å²) in [7, 11) is 0. The fraction of sp³-hybridized carbons (Fsp3) is 0.467. The quantitative estimate of drug-likeness (QED) is 0.620. The van der Waals surface area contributed by atoms with Crippen molar-refractivity contribution in [2.75, 3.05) is 6.54 Å². The van der Waals surface area contributed by atoms with Crippen LogP contribution in [0.15, 0.2) is 24.3 Å². The zero-order valence-corrected chi connectivity index (χ0v) is 11.3. The minimum absolute atomic E-state index is 0.455. The van der Waals surface area contributed by atoms with Gasteiger partial charge in [-0.15, -0.1) is 0 Å². The van der Waals surface area contributed by atoms with Gasteiger partial charge in [0.15, 0.2) is 0 Å². The molecule has 0 saturated carbocycles. The molecule has 0 aliphatic heterocycles. The van der Waals surface area contributed by atoms with E-state index in [2.05, 4.69) is 19.2 Å². The van der Waals surface area contributed by atoms with Crippen LogP contribution in [0.1, 0.15) is 43.1 Å². The molecule has 0 aromatic heterocycles. The molecule has 98 valence electrons. The highest BCUT2D eigenvalue weighted by Gasteiger charge is 2.14. The third kappa shape index (κ3) is 4.32. The van der Waals surface area contributed by atoms with E-state index in [-0.39, 0.29) is 0 Å². The SMILES string of the molecule is CCCNC(=O)C(=O)c1ccc(CC(C)C)cc1. The fourth-order valence-electron chi connectivity index (χ4n) is 1.71. The van der Waals surface area contributed by atoms with Gasteiger partial charge in [-0.1, -0.05) is 45.0 Å². The number of nitrogens with one attached hydrogen (secondary N) is 1. The summed E-state index contributed by atoms with van der Waals surface area (Å²) in [6, 6.07) is 7.29. The van der Waals surface area contributed by atoms with E-state index in [9.17, 15) is 9.59 Å². The Morgan fingerprint density at radius 3 is 2.28 bits per heavy atom. The minimum atomic E-state index is -0.520. The molecule has 1 rings (SSSR count). The molecule has 0 aliphatic rings. The van der Waals surface area contributed by atoms with Crippen LogP contribution in [0, 0.1) is 5.92 Å². The number of hydrogen-bond donors (Lipinski definition) is 1. The van der Waals surface area contributed by atoms with Crippen molar-refractivity contribution in [3.63, 3.8) is 0 Å². The largest absolute Gasteiger partial charge is 0.349 e. The van der Waals surface area contributed by atoms with Crippen molar-refractivity contribution in [3.8, 4) is 0 Å². The van der Waals surface area contributed by atoms with Gasteiger partial charge in [0.05, 0.1) is 0 Å². The second-order valence-corrected chi connectivity index (χ2v) is 4.88. The molecule has 0 spiro atoms. The van der Waals surface area contributed by atoms with E-state index in [1.807, 2.05) is 19.1 Å². The van der Waals surface area contributed by atoms with Crippen molar-refractivity contribution < 1.29 is 9.59 Å². The van der Waals surface area contributed by atoms with Gasteiger partial charge in [0.2, 0.25) is 5.78 Å². The summed E-state index contributed by atoms with van der Waals surface area (Å²) in [5, 5.41) is 2.59. The first kappa shape index (κ1) is 14.4. The Balaban J connectivity index is 2.67. The molecule has 1 amide bonds. The van der Waals surface area contributed by atoms with Crippen molar-refractivity contribution in [1.82, 2.24) is 5.32 Å². The lowest BCUT2D eigenvalue weighted by Gasteiger charge is -2.06. The Labute approximate surface area is 109 Å². The Kier molecular flexibility index (Phi) is 5.56. The van der Waals surface area contributed by atoms with E-state index < -0.39 is 11.7 Å². The minimum Gasteiger partial charge on any atom is -0.349 e. The maximum atomic E-state index is 11.8. The van der Waals surface area contributed by atoms with E-state index in [4.69, 9.17) is 0 Å². The molecule has 0 aliphatic carbocycles. The number of benzene rings is 1. The first-order valence-electron chi connectivity index (χ1n) is 6.46. The molecule has 18 heavy (non-hydrogen) atoms. The maximum absolute atomic E-state index is 11.8. The molecule has 0 saturated heterocycles. The van der Waals surface area contributed by atoms with Gasteiger partial charge in [-0.3, -0.25) is 9.59 Å². The van der Waals surface area contributed by atoms with E-state index in [0.717, 1.165) is 12.8 Å². The van der Waals surface area contributed by atoms with Crippen LogP contribution in [0.2, 0.25) is 0 Å². The van der Waals surface area contributed by atoms with Crippen LogP contribution in [0.4, 0.5) is 0 Å². The van der Waals surface area contributed by atoms with Crippen LogP contribution in [0.3, 0.4) is 0 Å². The normalized spacial score (nSPS) is 10.4. The zero-order valence-electron chi connectivity index (χ0n) is 11.3. The van der Waals surface area contributed by atoms with Gasteiger partial charge in [0.25, 0.3) is 5.91 Å². The molecule has 3 heteroatoms.